The van der Waals surface area contributed by atoms with E-state index in [1.54, 1.807) is 29.4 Å². The third-order valence-electron chi connectivity index (χ3n) is 5.63. The molecule has 156 valence electrons. The topological polar surface area (TPSA) is 89.7 Å². The van der Waals surface area contributed by atoms with E-state index in [4.69, 9.17) is 9.47 Å². The van der Waals surface area contributed by atoms with Crippen molar-refractivity contribution >= 4 is 0 Å². The van der Waals surface area contributed by atoms with Crippen LogP contribution in [0, 0.1) is 5.92 Å². The van der Waals surface area contributed by atoms with Crippen LogP contribution in [0.4, 0.5) is 0 Å². The third-order valence-corrected chi connectivity index (χ3v) is 5.63. The summed E-state index contributed by atoms with van der Waals surface area (Å²) in [5, 5.41) is 10.7. The van der Waals surface area contributed by atoms with Crippen LogP contribution in [0.25, 0.3) is 11.3 Å². The molecule has 0 aromatic carbocycles. The molecule has 8 nitrogen and oxygen atoms in total. The third kappa shape index (κ3) is 5.27. The minimum absolute atomic E-state index is 0.0386. The molecular weight excluding hydrogens is 372 g/mol. The average Bonchev–Trinajstić information content (AvgIpc) is 2.96. The molecule has 0 amide bonds. The molecule has 2 aliphatic heterocycles. The first-order chi connectivity index (χ1) is 14.1. The van der Waals surface area contributed by atoms with E-state index >= 15 is 0 Å². The maximum Gasteiger partial charge on any atom is 0.253 e. The first-order valence-electron chi connectivity index (χ1n) is 10.2. The van der Waals surface area contributed by atoms with Crippen molar-refractivity contribution in [3.8, 4) is 11.3 Å². The monoisotopic (exact) mass is 400 g/mol. The van der Waals surface area contributed by atoms with Crippen molar-refractivity contribution in [2.24, 2.45) is 5.92 Å². The number of piperidine rings is 1. The SMILES string of the molecule is O=c1cc(-c2cccnc2)ncn1CC1CCN(CC2(O)COCCOC2)CC1. The molecule has 0 radical (unpaired) electrons. The second kappa shape index (κ2) is 9.13. The molecular formula is C21H28N4O4. The van der Waals surface area contributed by atoms with E-state index < -0.39 is 5.60 Å². The van der Waals surface area contributed by atoms with Gasteiger partial charge >= 0.3 is 0 Å². The van der Waals surface area contributed by atoms with E-state index in [1.807, 2.05) is 12.1 Å². The van der Waals surface area contributed by atoms with Crippen LogP contribution in [-0.4, -0.2) is 76.2 Å². The van der Waals surface area contributed by atoms with Crippen molar-refractivity contribution in [3.63, 3.8) is 0 Å². The van der Waals surface area contributed by atoms with Gasteiger partial charge in [0.2, 0.25) is 0 Å². The fourth-order valence-corrected chi connectivity index (χ4v) is 4.03. The molecule has 0 bridgehead atoms. The lowest BCUT2D eigenvalue weighted by Gasteiger charge is -2.37. The molecule has 0 unspecified atom stereocenters. The van der Waals surface area contributed by atoms with E-state index in [-0.39, 0.29) is 5.56 Å². The molecule has 4 heterocycles. The molecule has 4 rings (SSSR count). The Morgan fingerprint density at radius 3 is 2.62 bits per heavy atom. The zero-order valence-corrected chi connectivity index (χ0v) is 16.6. The Bertz CT molecular complexity index is 841. The highest BCUT2D eigenvalue weighted by atomic mass is 16.6. The lowest BCUT2D eigenvalue weighted by molar-refractivity contribution is -0.0780. The summed E-state index contributed by atoms with van der Waals surface area (Å²) < 4.78 is 12.6. The Balaban J connectivity index is 1.31. The number of nitrogens with zero attached hydrogens (tertiary/aromatic N) is 4. The molecule has 2 aliphatic rings. The van der Waals surface area contributed by atoms with Crippen LogP contribution >= 0.6 is 0 Å². The Morgan fingerprint density at radius 2 is 1.97 bits per heavy atom. The van der Waals surface area contributed by atoms with Crippen LogP contribution in [0.3, 0.4) is 0 Å². The molecule has 0 aliphatic carbocycles. The van der Waals surface area contributed by atoms with E-state index in [1.165, 1.54) is 0 Å². The van der Waals surface area contributed by atoms with Crippen molar-refractivity contribution in [1.82, 2.24) is 19.4 Å². The summed E-state index contributed by atoms with van der Waals surface area (Å²) in [6.45, 7) is 4.71. The number of rotatable bonds is 5. The summed E-state index contributed by atoms with van der Waals surface area (Å²) in [5.41, 5.74) is 0.514. The van der Waals surface area contributed by atoms with E-state index in [9.17, 15) is 9.90 Å². The van der Waals surface area contributed by atoms with E-state index in [0.717, 1.165) is 31.5 Å². The summed E-state index contributed by atoms with van der Waals surface area (Å²) >= 11 is 0. The normalized spacial score (nSPS) is 21.0. The fourth-order valence-electron chi connectivity index (χ4n) is 4.03. The van der Waals surface area contributed by atoms with Gasteiger partial charge in [-0.1, -0.05) is 0 Å². The van der Waals surface area contributed by atoms with Crippen LogP contribution in [0.15, 0.2) is 41.7 Å². The maximum atomic E-state index is 12.5. The van der Waals surface area contributed by atoms with Crippen molar-refractivity contribution in [2.75, 3.05) is 46.1 Å². The van der Waals surface area contributed by atoms with Crippen molar-refractivity contribution in [1.29, 1.82) is 0 Å². The Kier molecular flexibility index (Phi) is 6.34. The molecule has 0 spiro atoms. The standard InChI is InChI=1S/C21H28N4O4/c26-20-10-19(18-2-1-5-22-11-18)23-16-25(20)12-17-3-6-24(7-4-17)13-21(27)14-28-8-9-29-15-21/h1-2,5,10-11,16-17,27H,3-4,6-9,12-15H2. The van der Waals surface area contributed by atoms with Crippen LogP contribution in [0.2, 0.25) is 0 Å². The van der Waals surface area contributed by atoms with E-state index in [0.29, 0.717) is 51.1 Å². The van der Waals surface area contributed by atoms with Crippen molar-refractivity contribution < 1.29 is 14.6 Å². The molecule has 29 heavy (non-hydrogen) atoms. The summed E-state index contributed by atoms with van der Waals surface area (Å²) in [6.07, 6.45) is 7.01. The smallest absolute Gasteiger partial charge is 0.253 e. The maximum absolute atomic E-state index is 12.5. The quantitative estimate of drug-likeness (QED) is 0.794. The fraction of sp³-hybridized carbons (Fsp3) is 0.571. The van der Waals surface area contributed by atoms with Gasteiger partial charge in [-0.15, -0.1) is 0 Å². The van der Waals surface area contributed by atoms with Gasteiger partial charge < -0.3 is 19.5 Å². The summed E-state index contributed by atoms with van der Waals surface area (Å²) in [5.74, 6) is 0.422. The number of likely N-dealkylation sites (tertiary alicyclic amines) is 1. The number of hydrogen-bond donors (Lipinski definition) is 1. The van der Waals surface area contributed by atoms with Crippen LogP contribution < -0.4 is 5.56 Å². The van der Waals surface area contributed by atoms with Crippen LogP contribution in [0.1, 0.15) is 12.8 Å². The molecule has 2 aromatic rings. The molecule has 8 heteroatoms. The minimum atomic E-state index is -0.938. The predicted octanol–water partition coefficient (Wildman–Crippen LogP) is 0.795. The molecule has 0 atom stereocenters. The predicted molar refractivity (Wildman–Crippen MR) is 107 cm³/mol. The number of pyridine rings is 1. The first-order valence-corrected chi connectivity index (χ1v) is 10.2. The summed E-state index contributed by atoms with van der Waals surface area (Å²) in [4.78, 5) is 23.3. The Labute approximate surface area is 170 Å². The Morgan fingerprint density at radius 1 is 1.21 bits per heavy atom. The summed E-state index contributed by atoms with van der Waals surface area (Å²) in [6, 6.07) is 5.31. The zero-order valence-electron chi connectivity index (χ0n) is 16.6. The van der Waals surface area contributed by atoms with Gasteiger partial charge in [0.25, 0.3) is 5.56 Å². The Hall–Kier alpha value is -2.13. The number of ether oxygens (including phenoxy) is 2. The lowest BCUT2D eigenvalue weighted by atomic mass is 9.95. The van der Waals surface area contributed by atoms with Gasteiger partial charge in [-0.3, -0.25) is 14.3 Å². The number of aromatic nitrogens is 3. The molecule has 0 saturated carbocycles. The van der Waals surface area contributed by atoms with Crippen molar-refractivity contribution in [3.05, 3.63) is 47.3 Å². The number of hydrogen-bond acceptors (Lipinski definition) is 7. The van der Waals surface area contributed by atoms with Crippen LogP contribution in [0.5, 0.6) is 0 Å². The molecule has 1 N–H and O–H groups in total. The molecule has 2 aromatic heterocycles. The number of aliphatic hydroxyl groups is 1. The summed E-state index contributed by atoms with van der Waals surface area (Å²) in [7, 11) is 0. The molecule has 2 saturated heterocycles. The second-order valence-corrected chi connectivity index (χ2v) is 8.06. The minimum Gasteiger partial charge on any atom is -0.384 e. The van der Waals surface area contributed by atoms with Gasteiger partial charge in [0.15, 0.2) is 0 Å². The first kappa shape index (κ1) is 20.2. The van der Waals surface area contributed by atoms with Gasteiger partial charge in [-0.25, -0.2) is 4.98 Å². The highest BCUT2D eigenvalue weighted by molar-refractivity contribution is 5.56. The highest BCUT2D eigenvalue weighted by Gasteiger charge is 2.33. The van der Waals surface area contributed by atoms with Gasteiger partial charge in [-0.05, 0) is 44.0 Å². The van der Waals surface area contributed by atoms with Gasteiger partial charge in [0.05, 0.1) is 38.4 Å². The average molecular weight is 400 g/mol. The van der Waals surface area contributed by atoms with E-state index in [2.05, 4.69) is 14.9 Å². The largest absolute Gasteiger partial charge is 0.384 e. The van der Waals surface area contributed by atoms with Gasteiger partial charge in [0.1, 0.15) is 5.60 Å². The zero-order chi connectivity index (χ0) is 20.1. The van der Waals surface area contributed by atoms with Gasteiger partial charge in [-0.2, -0.15) is 0 Å². The molecule has 2 fully saturated rings. The lowest BCUT2D eigenvalue weighted by Crippen LogP contribution is -2.51. The van der Waals surface area contributed by atoms with Crippen LogP contribution in [-0.2, 0) is 16.0 Å². The number of β-amino-alcohol motifs (C(OH)–C–C–N with tert-alkyl or cyclic N) is 1. The van der Waals surface area contributed by atoms with Crippen molar-refractivity contribution in [2.45, 2.75) is 25.0 Å². The second-order valence-electron chi connectivity index (χ2n) is 8.06. The van der Waals surface area contributed by atoms with Gasteiger partial charge in [0, 0.05) is 37.1 Å². The highest BCUT2D eigenvalue weighted by Crippen LogP contribution is 2.22.